The maximum atomic E-state index is 12.5. The van der Waals surface area contributed by atoms with Crippen LogP contribution in [0, 0.1) is 0 Å². The van der Waals surface area contributed by atoms with Gasteiger partial charge >= 0.3 is 0 Å². The molecule has 0 fully saturated rings. The molecule has 0 aliphatic rings. The molecule has 1 heterocycles. The molecule has 27 heavy (non-hydrogen) atoms. The van der Waals surface area contributed by atoms with Crippen molar-refractivity contribution >= 4 is 23.0 Å². The number of hydrogen-bond acceptors (Lipinski definition) is 5. The van der Waals surface area contributed by atoms with Gasteiger partial charge in [-0.25, -0.2) is 4.98 Å². The zero-order valence-electron chi connectivity index (χ0n) is 15.2. The van der Waals surface area contributed by atoms with Gasteiger partial charge in [0, 0.05) is 0 Å². The second-order valence-electron chi connectivity index (χ2n) is 5.64. The topological polar surface area (TPSA) is 72.5 Å². The molecule has 0 bridgehead atoms. The van der Waals surface area contributed by atoms with Crippen molar-refractivity contribution in [3.8, 4) is 11.5 Å². The van der Waals surface area contributed by atoms with E-state index in [1.807, 2.05) is 49.4 Å². The number of carbonyl (C=O) groups excluding carboxylic acids is 1. The summed E-state index contributed by atoms with van der Waals surface area (Å²) in [6, 6.07) is 18.3. The number of ether oxygens (including phenoxy) is 2. The molecule has 1 amide bonds. The standard InChI is InChI=1S/C21H21N3O3/c1-3-27-20-11-7-5-9-17(20)24-21(25)18-13-12-15(14-22-18)23-16-8-4-6-10-19(16)26-2/h4-14,23H,3H2,1-2H3,(H,24,25). The molecule has 3 rings (SSSR count). The van der Waals surface area contributed by atoms with Crippen LogP contribution in [0.3, 0.4) is 0 Å². The molecule has 0 unspecified atom stereocenters. The van der Waals surface area contributed by atoms with Gasteiger partial charge in [-0.1, -0.05) is 24.3 Å². The van der Waals surface area contributed by atoms with E-state index in [0.717, 1.165) is 17.1 Å². The average molecular weight is 363 g/mol. The minimum Gasteiger partial charge on any atom is -0.495 e. The van der Waals surface area contributed by atoms with Crippen LogP contribution >= 0.6 is 0 Å². The Morgan fingerprint density at radius 1 is 0.963 bits per heavy atom. The normalized spacial score (nSPS) is 10.1. The largest absolute Gasteiger partial charge is 0.495 e. The second kappa shape index (κ2) is 8.71. The highest BCUT2D eigenvalue weighted by atomic mass is 16.5. The molecule has 0 aliphatic carbocycles. The van der Waals surface area contributed by atoms with Crippen LogP contribution in [0.1, 0.15) is 17.4 Å². The van der Waals surface area contributed by atoms with E-state index >= 15 is 0 Å². The summed E-state index contributed by atoms with van der Waals surface area (Å²) in [5, 5.41) is 6.06. The first-order chi connectivity index (χ1) is 13.2. The molecule has 6 heteroatoms. The van der Waals surface area contributed by atoms with Gasteiger partial charge in [0.25, 0.3) is 5.91 Å². The van der Waals surface area contributed by atoms with Crippen LogP contribution in [0.25, 0.3) is 0 Å². The van der Waals surface area contributed by atoms with E-state index < -0.39 is 0 Å². The predicted octanol–water partition coefficient (Wildman–Crippen LogP) is 4.48. The molecule has 138 valence electrons. The number of aromatic nitrogens is 1. The highest BCUT2D eigenvalue weighted by Crippen LogP contribution is 2.27. The number of nitrogens with zero attached hydrogens (tertiary/aromatic N) is 1. The van der Waals surface area contributed by atoms with Gasteiger partial charge < -0.3 is 20.1 Å². The monoisotopic (exact) mass is 363 g/mol. The minimum absolute atomic E-state index is 0.300. The molecule has 0 aliphatic heterocycles. The summed E-state index contributed by atoms with van der Waals surface area (Å²) in [5.74, 6) is 1.06. The number of benzene rings is 2. The van der Waals surface area contributed by atoms with Gasteiger partial charge in [-0.05, 0) is 43.3 Å². The number of methoxy groups -OCH3 is 1. The predicted molar refractivity (Wildman–Crippen MR) is 106 cm³/mol. The van der Waals surface area contributed by atoms with Gasteiger partial charge in [0.2, 0.25) is 0 Å². The highest BCUT2D eigenvalue weighted by Gasteiger charge is 2.11. The van der Waals surface area contributed by atoms with E-state index in [1.165, 1.54) is 0 Å². The summed E-state index contributed by atoms with van der Waals surface area (Å²) in [6.07, 6.45) is 1.61. The van der Waals surface area contributed by atoms with Gasteiger partial charge in [-0.2, -0.15) is 0 Å². The van der Waals surface area contributed by atoms with Crippen molar-refractivity contribution in [2.45, 2.75) is 6.92 Å². The van der Waals surface area contributed by atoms with Crippen molar-refractivity contribution in [2.75, 3.05) is 24.4 Å². The molecule has 0 saturated heterocycles. The molecule has 2 aromatic carbocycles. The summed E-state index contributed by atoms with van der Waals surface area (Å²) in [5.41, 5.74) is 2.50. The van der Waals surface area contributed by atoms with Gasteiger partial charge in [0.15, 0.2) is 0 Å². The molecule has 0 atom stereocenters. The van der Waals surface area contributed by atoms with E-state index in [9.17, 15) is 4.79 Å². The molecular formula is C21H21N3O3. The molecule has 0 spiro atoms. The lowest BCUT2D eigenvalue weighted by Crippen LogP contribution is -2.14. The zero-order valence-corrected chi connectivity index (χ0v) is 15.2. The van der Waals surface area contributed by atoms with E-state index in [2.05, 4.69) is 15.6 Å². The van der Waals surface area contributed by atoms with Crippen LogP contribution < -0.4 is 20.1 Å². The third-order valence-corrected chi connectivity index (χ3v) is 3.82. The first kappa shape index (κ1) is 18.3. The summed E-state index contributed by atoms with van der Waals surface area (Å²) in [4.78, 5) is 16.7. The van der Waals surface area contributed by atoms with Crippen molar-refractivity contribution in [1.29, 1.82) is 0 Å². The van der Waals surface area contributed by atoms with Crippen LogP contribution in [0.4, 0.5) is 17.1 Å². The Kier molecular flexibility index (Phi) is 5.89. The Hall–Kier alpha value is -3.54. The lowest BCUT2D eigenvalue weighted by molar-refractivity contribution is 0.102. The summed E-state index contributed by atoms with van der Waals surface area (Å²) in [6.45, 7) is 2.42. The molecule has 1 aromatic heterocycles. The Balaban J connectivity index is 1.71. The summed E-state index contributed by atoms with van der Waals surface area (Å²) < 4.78 is 10.8. The third-order valence-electron chi connectivity index (χ3n) is 3.82. The number of rotatable bonds is 7. The number of carbonyl (C=O) groups is 1. The van der Waals surface area contributed by atoms with Crippen LogP contribution in [0.2, 0.25) is 0 Å². The number of anilines is 3. The van der Waals surface area contributed by atoms with Crippen LogP contribution in [-0.4, -0.2) is 24.6 Å². The van der Waals surface area contributed by atoms with Crippen LogP contribution in [-0.2, 0) is 0 Å². The van der Waals surface area contributed by atoms with Crippen molar-refractivity contribution in [1.82, 2.24) is 4.98 Å². The SMILES string of the molecule is CCOc1ccccc1NC(=O)c1ccc(Nc2ccccc2OC)cn1. The zero-order chi connectivity index (χ0) is 19.1. The third kappa shape index (κ3) is 4.55. The molecule has 2 N–H and O–H groups in total. The maximum Gasteiger partial charge on any atom is 0.274 e. The molecule has 0 radical (unpaired) electrons. The lowest BCUT2D eigenvalue weighted by Gasteiger charge is -2.12. The smallest absolute Gasteiger partial charge is 0.274 e. The van der Waals surface area contributed by atoms with E-state index in [1.54, 1.807) is 31.5 Å². The van der Waals surface area contributed by atoms with E-state index in [0.29, 0.717) is 23.7 Å². The fourth-order valence-corrected chi connectivity index (χ4v) is 2.54. The van der Waals surface area contributed by atoms with Crippen molar-refractivity contribution in [2.24, 2.45) is 0 Å². The molecule has 3 aromatic rings. The molecular weight excluding hydrogens is 342 g/mol. The Bertz CT molecular complexity index is 911. The second-order valence-corrected chi connectivity index (χ2v) is 5.64. The number of para-hydroxylation sites is 4. The van der Waals surface area contributed by atoms with E-state index in [4.69, 9.17) is 9.47 Å². The Labute approximate surface area is 158 Å². The van der Waals surface area contributed by atoms with Gasteiger partial charge in [-0.15, -0.1) is 0 Å². The fraction of sp³-hybridized carbons (Fsp3) is 0.143. The fourth-order valence-electron chi connectivity index (χ4n) is 2.54. The van der Waals surface area contributed by atoms with Crippen molar-refractivity contribution in [3.63, 3.8) is 0 Å². The number of hydrogen-bond donors (Lipinski definition) is 2. The quantitative estimate of drug-likeness (QED) is 0.647. The lowest BCUT2D eigenvalue weighted by atomic mass is 10.2. The number of pyridine rings is 1. The van der Waals surface area contributed by atoms with Gasteiger partial charge in [0.05, 0.1) is 37.0 Å². The average Bonchev–Trinajstić information content (AvgIpc) is 2.70. The number of nitrogens with one attached hydrogen (secondary N) is 2. The van der Waals surface area contributed by atoms with Crippen LogP contribution in [0.5, 0.6) is 11.5 Å². The van der Waals surface area contributed by atoms with Crippen molar-refractivity contribution in [3.05, 3.63) is 72.6 Å². The van der Waals surface area contributed by atoms with Gasteiger partial charge in [0.1, 0.15) is 17.2 Å². The summed E-state index contributed by atoms with van der Waals surface area (Å²) >= 11 is 0. The molecule has 6 nitrogen and oxygen atoms in total. The number of amides is 1. The summed E-state index contributed by atoms with van der Waals surface area (Å²) in [7, 11) is 1.62. The first-order valence-corrected chi connectivity index (χ1v) is 8.60. The maximum absolute atomic E-state index is 12.5. The Morgan fingerprint density at radius 2 is 1.67 bits per heavy atom. The minimum atomic E-state index is -0.300. The van der Waals surface area contributed by atoms with Crippen LogP contribution in [0.15, 0.2) is 66.9 Å². The van der Waals surface area contributed by atoms with Gasteiger partial charge in [-0.3, -0.25) is 4.79 Å². The van der Waals surface area contributed by atoms with Crippen molar-refractivity contribution < 1.29 is 14.3 Å². The van der Waals surface area contributed by atoms with E-state index in [-0.39, 0.29) is 5.91 Å². The highest BCUT2D eigenvalue weighted by molar-refractivity contribution is 6.03. The Morgan fingerprint density at radius 3 is 2.33 bits per heavy atom. The molecule has 0 saturated carbocycles. The first-order valence-electron chi connectivity index (χ1n) is 8.60.